The Morgan fingerprint density at radius 3 is 2.75 bits per heavy atom. The number of carboxylic acid groups (broad SMARTS) is 1. The van der Waals surface area contributed by atoms with Gasteiger partial charge in [0.1, 0.15) is 5.82 Å². The van der Waals surface area contributed by atoms with Gasteiger partial charge in [-0.1, -0.05) is 35.9 Å². The van der Waals surface area contributed by atoms with Crippen LogP contribution in [0.25, 0.3) is 11.0 Å². The zero-order valence-electron chi connectivity index (χ0n) is 20.5. The molecule has 0 radical (unpaired) electrons. The molecule has 2 atom stereocenters. The lowest BCUT2D eigenvalue weighted by Gasteiger charge is -2.33. The van der Waals surface area contributed by atoms with Crippen molar-refractivity contribution in [3.8, 4) is 0 Å². The largest absolute Gasteiger partial charge is 0.465 e. The van der Waals surface area contributed by atoms with Gasteiger partial charge in [0.2, 0.25) is 5.91 Å². The molecule has 1 fully saturated rings. The number of nitrogens with one attached hydrogen (secondary N) is 1. The van der Waals surface area contributed by atoms with Crippen LogP contribution >= 0.6 is 11.6 Å². The van der Waals surface area contributed by atoms with Crippen LogP contribution in [0.5, 0.6) is 0 Å². The SMILES string of the molecule is COCCCn1c([C@@H]2CCCN(C(=O)C[C@@H](Cc3ccc(Cl)cc3)NC(=O)O)C2)nc2ccccc21. The number of aryl methyl sites for hydroxylation is 1. The van der Waals surface area contributed by atoms with Gasteiger partial charge >= 0.3 is 6.09 Å². The highest BCUT2D eigenvalue weighted by Crippen LogP contribution is 2.30. The van der Waals surface area contributed by atoms with E-state index in [4.69, 9.17) is 21.3 Å². The first-order valence-electron chi connectivity index (χ1n) is 12.4. The Bertz CT molecular complexity index is 1180. The molecular weight excluding hydrogens is 480 g/mol. The summed E-state index contributed by atoms with van der Waals surface area (Å²) in [6.45, 7) is 2.72. The minimum Gasteiger partial charge on any atom is -0.465 e. The van der Waals surface area contributed by atoms with Gasteiger partial charge in [-0.15, -0.1) is 0 Å². The van der Waals surface area contributed by atoms with E-state index in [-0.39, 0.29) is 18.2 Å². The summed E-state index contributed by atoms with van der Waals surface area (Å²) in [5, 5.41) is 12.5. The molecule has 0 spiro atoms. The van der Waals surface area contributed by atoms with Crippen LogP contribution in [0.3, 0.4) is 0 Å². The summed E-state index contributed by atoms with van der Waals surface area (Å²) in [7, 11) is 1.71. The monoisotopic (exact) mass is 512 g/mol. The van der Waals surface area contributed by atoms with E-state index in [9.17, 15) is 14.7 Å². The second-order valence-corrected chi connectivity index (χ2v) is 9.75. The predicted molar refractivity (Wildman–Crippen MR) is 140 cm³/mol. The van der Waals surface area contributed by atoms with E-state index in [2.05, 4.69) is 16.0 Å². The maximum absolute atomic E-state index is 13.3. The highest BCUT2D eigenvalue weighted by atomic mass is 35.5. The topological polar surface area (TPSA) is 96.7 Å². The lowest BCUT2D eigenvalue weighted by molar-refractivity contribution is -0.132. The van der Waals surface area contributed by atoms with Crippen molar-refractivity contribution in [3.05, 3.63) is 64.9 Å². The third-order valence-electron chi connectivity index (χ3n) is 6.70. The summed E-state index contributed by atoms with van der Waals surface area (Å²) in [4.78, 5) is 31.5. The van der Waals surface area contributed by atoms with Gasteiger partial charge in [0.25, 0.3) is 0 Å². The average Bonchev–Trinajstić information content (AvgIpc) is 3.24. The van der Waals surface area contributed by atoms with Crippen molar-refractivity contribution in [2.45, 2.75) is 50.6 Å². The predicted octanol–water partition coefficient (Wildman–Crippen LogP) is 4.70. The van der Waals surface area contributed by atoms with E-state index in [1.54, 1.807) is 19.2 Å². The van der Waals surface area contributed by atoms with Crippen molar-refractivity contribution in [2.75, 3.05) is 26.8 Å². The number of carbonyl (C=O) groups excluding carboxylic acids is 1. The lowest BCUT2D eigenvalue weighted by Crippen LogP contribution is -2.44. The molecule has 0 aliphatic carbocycles. The Balaban J connectivity index is 1.48. The number of nitrogens with zero attached hydrogens (tertiary/aromatic N) is 3. The number of carbonyl (C=O) groups is 2. The molecule has 4 rings (SSSR count). The van der Waals surface area contributed by atoms with Gasteiger partial charge in [-0.3, -0.25) is 4.79 Å². The summed E-state index contributed by atoms with van der Waals surface area (Å²) in [6.07, 6.45) is 2.10. The summed E-state index contributed by atoms with van der Waals surface area (Å²) in [6, 6.07) is 14.9. The quantitative estimate of drug-likeness (QED) is 0.384. The lowest BCUT2D eigenvalue weighted by atomic mass is 9.95. The molecule has 2 N–H and O–H groups in total. The number of fused-ring (bicyclic) bond motifs is 1. The Morgan fingerprint density at radius 1 is 1.22 bits per heavy atom. The Hall–Kier alpha value is -3.10. The highest BCUT2D eigenvalue weighted by molar-refractivity contribution is 6.30. The van der Waals surface area contributed by atoms with Crippen LogP contribution in [0.2, 0.25) is 5.02 Å². The minimum atomic E-state index is -1.14. The highest BCUT2D eigenvalue weighted by Gasteiger charge is 2.30. The number of piperidine rings is 1. The first-order valence-corrected chi connectivity index (χ1v) is 12.8. The van der Waals surface area contributed by atoms with Crippen molar-refractivity contribution >= 4 is 34.6 Å². The van der Waals surface area contributed by atoms with Crippen molar-refractivity contribution < 1.29 is 19.4 Å². The summed E-state index contributed by atoms with van der Waals surface area (Å²) in [5.41, 5.74) is 2.98. The first-order chi connectivity index (χ1) is 17.4. The number of likely N-dealkylation sites (tertiary alicyclic amines) is 1. The molecular formula is C27H33ClN4O4. The normalized spacial score (nSPS) is 16.7. The van der Waals surface area contributed by atoms with Gasteiger partial charge in [0.05, 0.1) is 11.0 Å². The molecule has 192 valence electrons. The molecule has 8 nitrogen and oxygen atoms in total. The number of rotatable bonds is 10. The number of benzene rings is 2. The number of aromatic nitrogens is 2. The summed E-state index contributed by atoms with van der Waals surface area (Å²) in [5.74, 6) is 1.08. The number of ether oxygens (including phenoxy) is 1. The number of para-hydroxylation sites is 2. The molecule has 2 heterocycles. The molecule has 1 aliphatic rings. The first kappa shape index (κ1) is 26.0. The second kappa shape index (κ2) is 12.2. The van der Waals surface area contributed by atoms with Crippen LogP contribution in [0, 0.1) is 0 Å². The van der Waals surface area contributed by atoms with E-state index in [0.29, 0.717) is 31.1 Å². The van der Waals surface area contributed by atoms with Crippen LogP contribution in [0.4, 0.5) is 4.79 Å². The molecule has 0 bridgehead atoms. The zero-order chi connectivity index (χ0) is 25.5. The number of amides is 2. The number of methoxy groups -OCH3 is 1. The smallest absolute Gasteiger partial charge is 0.404 e. The fraction of sp³-hybridized carbons (Fsp3) is 0.444. The standard InChI is InChI=1S/C27H33ClN4O4/c1-36-15-5-14-32-24-8-3-2-7-23(24)30-26(32)20-6-4-13-31(18-20)25(33)17-22(29-27(34)35)16-19-9-11-21(28)12-10-19/h2-3,7-12,20,22,29H,4-6,13-18H2,1H3,(H,34,35)/t20-,22-/m1/s1. The van der Waals surface area contributed by atoms with Crippen molar-refractivity contribution in [2.24, 2.45) is 0 Å². The van der Waals surface area contributed by atoms with Gasteiger partial charge in [0, 0.05) is 56.8 Å². The maximum atomic E-state index is 13.3. The number of hydrogen-bond donors (Lipinski definition) is 2. The van der Waals surface area contributed by atoms with Gasteiger partial charge < -0.3 is 24.6 Å². The van der Waals surface area contributed by atoms with Gasteiger partial charge in [0.15, 0.2) is 0 Å². The molecule has 1 aromatic heterocycles. The summed E-state index contributed by atoms with van der Waals surface area (Å²) >= 11 is 5.97. The van der Waals surface area contributed by atoms with E-state index >= 15 is 0 Å². The van der Waals surface area contributed by atoms with Gasteiger partial charge in [-0.2, -0.15) is 0 Å². The minimum absolute atomic E-state index is 0.0468. The van der Waals surface area contributed by atoms with Crippen LogP contribution in [-0.2, 0) is 22.5 Å². The van der Waals surface area contributed by atoms with E-state index in [1.165, 1.54) is 0 Å². The molecule has 2 aromatic carbocycles. The Morgan fingerprint density at radius 2 is 2.00 bits per heavy atom. The third-order valence-corrected chi connectivity index (χ3v) is 6.95. The summed E-state index contributed by atoms with van der Waals surface area (Å²) < 4.78 is 7.52. The van der Waals surface area contributed by atoms with E-state index < -0.39 is 12.1 Å². The van der Waals surface area contributed by atoms with Gasteiger partial charge in [-0.05, 0) is 55.5 Å². The fourth-order valence-electron chi connectivity index (χ4n) is 5.02. The molecule has 2 amide bonds. The average molecular weight is 513 g/mol. The Kier molecular flexibility index (Phi) is 8.83. The molecule has 0 unspecified atom stereocenters. The number of halogens is 1. The van der Waals surface area contributed by atoms with Crippen molar-refractivity contribution in [1.29, 1.82) is 0 Å². The van der Waals surface area contributed by atoms with Crippen molar-refractivity contribution in [1.82, 2.24) is 19.8 Å². The number of hydrogen-bond acceptors (Lipinski definition) is 4. The second-order valence-electron chi connectivity index (χ2n) is 9.32. The van der Waals surface area contributed by atoms with Crippen LogP contribution in [0.15, 0.2) is 48.5 Å². The molecule has 9 heteroatoms. The van der Waals surface area contributed by atoms with Crippen LogP contribution in [-0.4, -0.2) is 64.4 Å². The van der Waals surface area contributed by atoms with Gasteiger partial charge in [-0.25, -0.2) is 9.78 Å². The fourth-order valence-corrected chi connectivity index (χ4v) is 5.14. The molecule has 0 saturated carbocycles. The van der Waals surface area contributed by atoms with Crippen molar-refractivity contribution in [3.63, 3.8) is 0 Å². The zero-order valence-corrected chi connectivity index (χ0v) is 21.3. The van der Waals surface area contributed by atoms with E-state index in [0.717, 1.165) is 48.2 Å². The molecule has 36 heavy (non-hydrogen) atoms. The third kappa shape index (κ3) is 6.56. The maximum Gasteiger partial charge on any atom is 0.404 e. The molecule has 3 aromatic rings. The Labute approximate surface area is 216 Å². The van der Waals surface area contributed by atoms with Crippen LogP contribution in [0.1, 0.15) is 43.0 Å². The molecule has 1 aliphatic heterocycles. The number of imidazole rings is 1. The molecule has 1 saturated heterocycles. The van der Waals surface area contributed by atoms with E-state index in [1.807, 2.05) is 35.2 Å². The van der Waals surface area contributed by atoms with Crippen LogP contribution < -0.4 is 5.32 Å².